The van der Waals surface area contributed by atoms with Crippen molar-refractivity contribution in [2.24, 2.45) is 0 Å². The lowest BCUT2D eigenvalue weighted by molar-refractivity contribution is 0.0710. The smallest absolute Gasteiger partial charge is 0.254 e. The van der Waals surface area contributed by atoms with E-state index in [4.69, 9.17) is 0 Å². The maximum absolute atomic E-state index is 12.6. The molecule has 3 rings (SSSR count). The highest BCUT2D eigenvalue weighted by atomic mass is 16.3. The Kier molecular flexibility index (Phi) is 3.53. The third-order valence-electron chi connectivity index (χ3n) is 4.27. The van der Waals surface area contributed by atoms with Gasteiger partial charge >= 0.3 is 0 Å². The van der Waals surface area contributed by atoms with Crippen LogP contribution >= 0.6 is 0 Å². The molecule has 2 aliphatic heterocycles. The van der Waals surface area contributed by atoms with Gasteiger partial charge in [-0.1, -0.05) is 0 Å². The molecular weight excluding hydrogens is 256 g/mol. The maximum Gasteiger partial charge on any atom is 0.254 e. The van der Waals surface area contributed by atoms with Gasteiger partial charge in [-0.2, -0.15) is 0 Å². The first-order valence-electron chi connectivity index (χ1n) is 7.22. The average Bonchev–Trinajstić information content (AvgIpc) is 3.07. The van der Waals surface area contributed by atoms with Gasteiger partial charge in [-0.3, -0.25) is 4.79 Å². The number of phenolic OH excluding ortho intramolecular Hbond substituents is 2. The normalized spacial score (nSPS) is 26.1. The number of nitrogens with one attached hydrogen (secondary N) is 1. The van der Waals surface area contributed by atoms with Crippen LogP contribution < -0.4 is 5.32 Å². The van der Waals surface area contributed by atoms with E-state index in [9.17, 15) is 15.0 Å². The van der Waals surface area contributed by atoms with Crippen LogP contribution in [0.25, 0.3) is 0 Å². The number of benzene rings is 1. The molecule has 0 radical (unpaired) electrons. The number of aromatic hydroxyl groups is 2. The van der Waals surface area contributed by atoms with Crippen molar-refractivity contribution in [2.75, 3.05) is 13.1 Å². The summed E-state index contributed by atoms with van der Waals surface area (Å²) in [5, 5.41) is 22.5. The van der Waals surface area contributed by atoms with E-state index in [-0.39, 0.29) is 23.4 Å². The Balaban J connectivity index is 1.81. The predicted octanol–water partition coefficient (Wildman–Crippen LogP) is 1.45. The van der Waals surface area contributed by atoms with E-state index in [0.717, 1.165) is 38.8 Å². The van der Waals surface area contributed by atoms with E-state index in [2.05, 4.69) is 5.32 Å². The summed E-state index contributed by atoms with van der Waals surface area (Å²) in [5.74, 6) is -0.265. The lowest BCUT2D eigenvalue weighted by atomic mass is 10.0. The molecule has 2 fully saturated rings. The average molecular weight is 276 g/mol. The van der Waals surface area contributed by atoms with Crippen molar-refractivity contribution in [2.45, 2.75) is 37.8 Å². The Morgan fingerprint density at radius 2 is 1.90 bits per heavy atom. The van der Waals surface area contributed by atoms with Crippen LogP contribution in [0.15, 0.2) is 18.2 Å². The molecule has 0 spiro atoms. The molecule has 2 saturated heterocycles. The van der Waals surface area contributed by atoms with Gasteiger partial charge in [0, 0.05) is 30.3 Å². The molecule has 0 aliphatic carbocycles. The molecular formula is C15H20N2O3. The minimum atomic E-state index is -0.104. The summed E-state index contributed by atoms with van der Waals surface area (Å²) in [5.41, 5.74) is 0.354. The molecule has 5 nitrogen and oxygen atoms in total. The fourth-order valence-electron chi connectivity index (χ4n) is 3.39. The summed E-state index contributed by atoms with van der Waals surface area (Å²) in [4.78, 5) is 14.5. The van der Waals surface area contributed by atoms with Crippen molar-refractivity contribution in [3.05, 3.63) is 23.8 Å². The second kappa shape index (κ2) is 5.32. The largest absolute Gasteiger partial charge is 0.508 e. The number of rotatable bonds is 2. The van der Waals surface area contributed by atoms with Crippen LogP contribution in [0.3, 0.4) is 0 Å². The number of carbonyl (C=O) groups excluding carboxylic acids is 1. The molecule has 2 atom stereocenters. The van der Waals surface area contributed by atoms with Gasteiger partial charge < -0.3 is 20.4 Å². The lowest BCUT2D eigenvalue weighted by Gasteiger charge is -2.29. The van der Waals surface area contributed by atoms with Gasteiger partial charge in [-0.25, -0.2) is 0 Å². The Hall–Kier alpha value is -1.75. The van der Waals surface area contributed by atoms with Crippen LogP contribution in [0.5, 0.6) is 11.5 Å². The van der Waals surface area contributed by atoms with Crippen molar-refractivity contribution in [1.82, 2.24) is 10.2 Å². The van der Waals surface area contributed by atoms with E-state index in [1.807, 2.05) is 4.90 Å². The van der Waals surface area contributed by atoms with E-state index >= 15 is 0 Å². The summed E-state index contributed by atoms with van der Waals surface area (Å²) < 4.78 is 0. The molecule has 5 heteroatoms. The van der Waals surface area contributed by atoms with Gasteiger partial charge in [0.05, 0.1) is 0 Å². The van der Waals surface area contributed by atoms with Crippen LogP contribution in [0, 0.1) is 0 Å². The molecule has 0 bridgehead atoms. The van der Waals surface area contributed by atoms with Crippen molar-refractivity contribution in [3.8, 4) is 11.5 Å². The van der Waals surface area contributed by atoms with E-state index < -0.39 is 0 Å². The molecule has 0 saturated carbocycles. The zero-order valence-corrected chi connectivity index (χ0v) is 11.4. The van der Waals surface area contributed by atoms with Crippen LogP contribution in [-0.4, -0.2) is 46.2 Å². The summed E-state index contributed by atoms with van der Waals surface area (Å²) in [6, 6.07) is 4.68. The summed E-state index contributed by atoms with van der Waals surface area (Å²) >= 11 is 0. The minimum Gasteiger partial charge on any atom is -0.508 e. The maximum atomic E-state index is 12.6. The Morgan fingerprint density at radius 3 is 2.55 bits per heavy atom. The van der Waals surface area contributed by atoms with Gasteiger partial charge in [0.2, 0.25) is 0 Å². The number of nitrogens with zero attached hydrogens (tertiary/aromatic N) is 1. The summed E-state index contributed by atoms with van der Waals surface area (Å²) in [7, 11) is 0. The molecule has 1 aromatic rings. The van der Waals surface area contributed by atoms with Gasteiger partial charge in [-0.05, 0) is 44.4 Å². The fraction of sp³-hybridized carbons (Fsp3) is 0.533. The zero-order valence-electron chi connectivity index (χ0n) is 11.4. The monoisotopic (exact) mass is 276 g/mol. The molecule has 20 heavy (non-hydrogen) atoms. The molecule has 2 aliphatic rings. The number of amides is 1. The predicted molar refractivity (Wildman–Crippen MR) is 74.9 cm³/mol. The SMILES string of the molecule is O=C(c1cc(O)cc(O)c1)N1CCCC1C1CCCN1. The number of hydrogen-bond acceptors (Lipinski definition) is 4. The number of phenols is 2. The minimum absolute atomic E-state index is 0.0805. The van der Waals surface area contributed by atoms with E-state index in [1.54, 1.807) is 0 Å². The van der Waals surface area contributed by atoms with Crippen molar-refractivity contribution in [3.63, 3.8) is 0 Å². The number of hydrogen-bond donors (Lipinski definition) is 3. The molecule has 1 aromatic carbocycles. The summed E-state index contributed by atoms with van der Waals surface area (Å²) in [6.07, 6.45) is 4.31. The van der Waals surface area contributed by atoms with Crippen LogP contribution in [0.4, 0.5) is 0 Å². The highest BCUT2D eigenvalue weighted by molar-refractivity contribution is 5.95. The van der Waals surface area contributed by atoms with Crippen molar-refractivity contribution >= 4 is 5.91 Å². The molecule has 0 aromatic heterocycles. The standard InChI is InChI=1S/C15H20N2O3/c18-11-7-10(8-12(19)9-11)15(20)17-6-2-4-14(17)13-3-1-5-16-13/h7-9,13-14,16,18-19H,1-6H2. The van der Waals surface area contributed by atoms with Crippen LogP contribution in [0.1, 0.15) is 36.0 Å². The Morgan fingerprint density at radius 1 is 1.15 bits per heavy atom. The third-order valence-corrected chi connectivity index (χ3v) is 4.27. The quantitative estimate of drug-likeness (QED) is 0.764. The number of carbonyl (C=O) groups is 1. The van der Waals surface area contributed by atoms with Gasteiger partial charge in [0.25, 0.3) is 5.91 Å². The van der Waals surface area contributed by atoms with E-state index in [1.165, 1.54) is 18.2 Å². The Labute approximate surface area is 118 Å². The van der Waals surface area contributed by atoms with Gasteiger partial charge in [-0.15, -0.1) is 0 Å². The third kappa shape index (κ3) is 2.45. The lowest BCUT2D eigenvalue weighted by Crippen LogP contribution is -2.46. The van der Waals surface area contributed by atoms with Crippen molar-refractivity contribution < 1.29 is 15.0 Å². The number of likely N-dealkylation sites (tertiary alicyclic amines) is 1. The Bertz CT molecular complexity index is 492. The summed E-state index contributed by atoms with van der Waals surface area (Å²) in [6.45, 7) is 1.77. The highest BCUT2D eigenvalue weighted by Gasteiger charge is 2.36. The molecule has 3 N–H and O–H groups in total. The molecule has 1 amide bonds. The topological polar surface area (TPSA) is 72.8 Å². The van der Waals surface area contributed by atoms with E-state index in [0.29, 0.717) is 11.6 Å². The second-order valence-electron chi connectivity index (χ2n) is 5.65. The molecule has 108 valence electrons. The zero-order chi connectivity index (χ0) is 14.1. The fourth-order valence-corrected chi connectivity index (χ4v) is 3.39. The van der Waals surface area contributed by atoms with Gasteiger partial charge in [0.15, 0.2) is 0 Å². The van der Waals surface area contributed by atoms with Gasteiger partial charge in [0.1, 0.15) is 11.5 Å². The van der Waals surface area contributed by atoms with Crippen LogP contribution in [-0.2, 0) is 0 Å². The van der Waals surface area contributed by atoms with Crippen molar-refractivity contribution in [1.29, 1.82) is 0 Å². The second-order valence-corrected chi connectivity index (χ2v) is 5.65. The first kappa shape index (κ1) is 13.2. The molecule has 2 unspecified atom stereocenters. The highest BCUT2D eigenvalue weighted by Crippen LogP contribution is 2.28. The first-order chi connectivity index (χ1) is 9.65. The molecule has 2 heterocycles. The first-order valence-corrected chi connectivity index (χ1v) is 7.22. The van der Waals surface area contributed by atoms with Crippen LogP contribution in [0.2, 0.25) is 0 Å².